The molecule has 0 aromatic carbocycles. The largest absolute Gasteiger partial charge is 0.497 e. The summed E-state index contributed by atoms with van der Waals surface area (Å²) in [5.41, 5.74) is 0.0101. The van der Waals surface area contributed by atoms with Crippen LogP contribution in [0, 0.1) is 0 Å². The van der Waals surface area contributed by atoms with Crippen molar-refractivity contribution in [3.63, 3.8) is 0 Å². The van der Waals surface area contributed by atoms with Crippen molar-refractivity contribution >= 4 is 6.29 Å². The van der Waals surface area contributed by atoms with Gasteiger partial charge in [-0.25, -0.2) is 0 Å². The van der Waals surface area contributed by atoms with E-state index in [1.54, 1.807) is 13.2 Å². The lowest BCUT2D eigenvalue weighted by Gasteiger charge is -2.32. The standard InChI is InChI=1S/C13H18O3/c1-4-5-9-16-13(2)8-6-7-11(10-14)12(13)15-3/h4-7,10H,8-9H2,1-3H3/b5-4+. The minimum atomic E-state index is -0.542. The second-order valence-electron chi connectivity index (χ2n) is 3.82. The molecular formula is C13H18O3. The summed E-state index contributed by atoms with van der Waals surface area (Å²) in [5, 5.41) is 0. The first-order valence-corrected chi connectivity index (χ1v) is 5.33. The Labute approximate surface area is 96.4 Å². The van der Waals surface area contributed by atoms with Gasteiger partial charge in [0.05, 0.1) is 19.3 Å². The molecule has 0 saturated heterocycles. The minimum Gasteiger partial charge on any atom is -0.497 e. The predicted octanol–water partition coefficient (Wildman–Crippen LogP) is 2.40. The summed E-state index contributed by atoms with van der Waals surface area (Å²) in [4.78, 5) is 10.9. The molecule has 0 saturated carbocycles. The molecule has 0 fully saturated rings. The van der Waals surface area contributed by atoms with Gasteiger partial charge >= 0.3 is 0 Å². The van der Waals surface area contributed by atoms with Crippen LogP contribution in [0.15, 0.2) is 35.6 Å². The van der Waals surface area contributed by atoms with Gasteiger partial charge in [0, 0.05) is 6.42 Å². The van der Waals surface area contributed by atoms with Crippen LogP contribution in [0.1, 0.15) is 20.3 Å². The Balaban J connectivity index is 2.90. The molecule has 0 bridgehead atoms. The van der Waals surface area contributed by atoms with Gasteiger partial charge in [-0.05, 0) is 13.8 Å². The van der Waals surface area contributed by atoms with E-state index in [-0.39, 0.29) is 0 Å². The normalized spacial score (nSPS) is 25.2. The zero-order valence-electron chi connectivity index (χ0n) is 10.0. The fraction of sp³-hybridized carbons (Fsp3) is 0.462. The van der Waals surface area contributed by atoms with Crippen LogP contribution in [0.2, 0.25) is 0 Å². The SMILES string of the molecule is C/C=C/COC1(C)CC=CC(C=O)=C1OC. The van der Waals surface area contributed by atoms with Crippen LogP contribution in [0.25, 0.3) is 0 Å². The average Bonchev–Trinajstić information content (AvgIpc) is 2.28. The molecule has 0 N–H and O–H groups in total. The summed E-state index contributed by atoms with van der Waals surface area (Å²) < 4.78 is 11.1. The van der Waals surface area contributed by atoms with Gasteiger partial charge in [-0.2, -0.15) is 0 Å². The van der Waals surface area contributed by atoms with Crippen LogP contribution in [-0.4, -0.2) is 25.6 Å². The second-order valence-corrected chi connectivity index (χ2v) is 3.82. The third-order valence-corrected chi connectivity index (χ3v) is 2.61. The number of hydrogen-bond acceptors (Lipinski definition) is 3. The van der Waals surface area contributed by atoms with Crippen LogP contribution >= 0.6 is 0 Å². The van der Waals surface area contributed by atoms with E-state index in [2.05, 4.69) is 0 Å². The molecule has 1 aliphatic rings. The summed E-state index contributed by atoms with van der Waals surface area (Å²) in [6.07, 6.45) is 9.07. The van der Waals surface area contributed by atoms with Gasteiger partial charge in [-0.1, -0.05) is 24.3 Å². The van der Waals surface area contributed by atoms with Gasteiger partial charge in [-0.3, -0.25) is 4.79 Å². The summed E-state index contributed by atoms with van der Waals surface area (Å²) in [6.45, 7) is 4.39. The van der Waals surface area contributed by atoms with Crippen molar-refractivity contribution in [1.29, 1.82) is 0 Å². The number of hydrogen-bond donors (Lipinski definition) is 0. The topological polar surface area (TPSA) is 35.5 Å². The fourth-order valence-electron chi connectivity index (χ4n) is 1.76. The Morgan fingerprint density at radius 2 is 2.31 bits per heavy atom. The van der Waals surface area contributed by atoms with Gasteiger partial charge < -0.3 is 9.47 Å². The average molecular weight is 222 g/mol. The van der Waals surface area contributed by atoms with E-state index < -0.39 is 5.60 Å². The highest BCUT2D eigenvalue weighted by atomic mass is 16.5. The molecule has 3 nitrogen and oxygen atoms in total. The molecule has 0 radical (unpaired) electrons. The summed E-state index contributed by atoms with van der Waals surface area (Å²) in [7, 11) is 1.56. The fourth-order valence-corrected chi connectivity index (χ4v) is 1.76. The van der Waals surface area contributed by atoms with Crippen molar-refractivity contribution in [2.75, 3.05) is 13.7 Å². The van der Waals surface area contributed by atoms with Gasteiger partial charge in [0.25, 0.3) is 0 Å². The zero-order valence-corrected chi connectivity index (χ0v) is 10.0. The highest BCUT2D eigenvalue weighted by Crippen LogP contribution is 2.32. The summed E-state index contributed by atoms with van der Waals surface area (Å²) >= 11 is 0. The van der Waals surface area contributed by atoms with E-state index in [9.17, 15) is 4.79 Å². The first-order chi connectivity index (χ1) is 7.68. The molecule has 0 amide bonds. The number of methoxy groups -OCH3 is 1. The van der Waals surface area contributed by atoms with Crippen molar-refractivity contribution in [2.45, 2.75) is 25.9 Å². The van der Waals surface area contributed by atoms with Gasteiger partial charge in [0.1, 0.15) is 11.4 Å². The van der Waals surface area contributed by atoms with Crippen LogP contribution in [0.3, 0.4) is 0 Å². The van der Waals surface area contributed by atoms with E-state index in [1.165, 1.54) is 0 Å². The molecule has 0 spiro atoms. The highest BCUT2D eigenvalue weighted by Gasteiger charge is 2.34. The van der Waals surface area contributed by atoms with Gasteiger partial charge in [0.15, 0.2) is 6.29 Å². The third kappa shape index (κ3) is 2.61. The maximum Gasteiger partial charge on any atom is 0.153 e. The molecule has 0 aliphatic heterocycles. The highest BCUT2D eigenvalue weighted by molar-refractivity contribution is 5.79. The lowest BCUT2D eigenvalue weighted by Crippen LogP contribution is -2.34. The molecule has 88 valence electrons. The van der Waals surface area contributed by atoms with Crippen molar-refractivity contribution < 1.29 is 14.3 Å². The Morgan fingerprint density at radius 3 is 2.88 bits per heavy atom. The molecular weight excluding hydrogens is 204 g/mol. The first kappa shape index (κ1) is 12.7. The van der Waals surface area contributed by atoms with Crippen LogP contribution in [0.4, 0.5) is 0 Å². The van der Waals surface area contributed by atoms with Crippen molar-refractivity contribution in [1.82, 2.24) is 0 Å². The van der Waals surface area contributed by atoms with Crippen molar-refractivity contribution in [3.8, 4) is 0 Å². The molecule has 0 heterocycles. The summed E-state index contributed by atoms with van der Waals surface area (Å²) in [6, 6.07) is 0. The van der Waals surface area contributed by atoms with E-state index in [1.807, 2.05) is 32.1 Å². The van der Waals surface area contributed by atoms with Crippen molar-refractivity contribution in [2.24, 2.45) is 0 Å². The smallest absolute Gasteiger partial charge is 0.153 e. The monoisotopic (exact) mass is 222 g/mol. The predicted molar refractivity (Wildman–Crippen MR) is 63.0 cm³/mol. The molecule has 0 aromatic rings. The molecule has 3 heteroatoms. The molecule has 1 aliphatic carbocycles. The van der Waals surface area contributed by atoms with E-state index in [0.29, 0.717) is 24.4 Å². The number of ether oxygens (including phenoxy) is 2. The Kier molecular flexibility index (Phi) is 4.50. The van der Waals surface area contributed by atoms with Crippen LogP contribution in [0.5, 0.6) is 0 Å². The second kappa shape index (κ2) is 5.66. The number of carbonyl (C=O) groups excluding carboxylic acids is 1. The molecule has 1 atom stereocenters. The summed E-state index contributed by atoms with van der Waals surface area (Å²) in [5.74, 6) is 0.606. The van der Waals surface area contributed by atoms with Crippen LogP contribution in [-0.2, 0) is 14.3 Å². The first-order valence-electron chi connectivity index (χ1n) is 5.33. The van der Waals surface area contributed by atoms with Gasteiger partial charge in [-0.15, -0.1) is 0 Å². The van der Waals surface area contributed by atoms with E-state index in [0.717, 1.165) is 6.29 Å². The third-order valence-electron chi connectivity index (χ3n) is 2.61. The number of aldehydes is 1. The Bertz CT molecular complexity index is 339. The lowest BCUT2D eigenvalue weighted by atomic mass is 9.91. The molecule has 0 aromatic heterocycles. The lowest BCUT2D eigenvalue weighted by molar-refractivity contribution is -0.105. The molecule has 1 rings (SSSR count). The Hall–Kier alpha value is -1.35. The molecule has 1 unspecified atom stereocenters. The quantitative estimate of drug-likeness (QED) is 0.529. The number of allylic oxidation sites excluding steroid dienone is 3. The number of carbonyl (C=O) groups is 1. The minimum absolute atomic E-state index is 0.514. The number of rotatable bonds is 5. The maximum atomic E-state index is 10.9. The van der Waals surface area contributed by atoms with Gasteiger partial charge in [0.2, 0.25) is 0 Å². The zero-order chi connectivity index (χ0) is 12.0. The van der Waals surface area contributed by atoms with Crippen molar-refractivity contribution in [3.05, 3.63) is 35.6 Å². The van der Waals surface area contributed by atoms with Crippen LogP contribution < -0.4 is 0 Å². The van der Waals surface area contributed by atoms with E-state index >= 15 is 0 Å². The maximum absolute atomic E-state index is 10.9. The molecule has 16 heavy (non-hydrogen) atoms. The Morgan fingerprint density at radius 1 is 1.56 bits per heavy atom. The van der Waals surface area contributed by atoms with E-state index in [4.69, 9.17) is 9.47 Å².